The van der Waals surface area contributed by atoms with Gasteiger partial charge in [-0.05, 0) is 50.1 Å². The maximum Gasteiger partial charge on any atom is 0.255 e. The second-order valence-corrected chi connectivity index (χ2v) is 6.64. The molecule has 1 aliphatic heterocycles. The van der Waals surface area contributed by atoms with Crippen LogP contribution < -0.4 is 10.1 Å². The highest BCUT2D eigenvalue weighted by Gasteiger charge is 2.32. The van der Waals surface area contributed by atoms with Crippen molar-refractivity contribution in [1.82, 2.24) is 0 Å². The summed E-state index contributed by atoms with van der Waals surface area (Å²) in [5.41, 5.74) is 2.30. The molecule has 0 spiro atoms. The molecule has 0 aliphatic carbocycles. The van der Waals surface area contributed by atoms with Gasteiger partial charge in [0.1, 0.15) is 11.4 Å². The topological polar surface area (TPSA) is 55.4 Å². The number of fused-ring (bicyclic) bond motifs is 1. The van der Waals surface area contributed by atoms with Crippen LogP contribution in [-0.4, -0.2) is 17.3 Å². The number of nitrogens with one attached hydrogen (secondary N) is 1. The van der Waals surface area contributed by atoms with E-state index in [1.54, 1.807) is 18.2 Å². The molecule has 4 nitrogen and oxygen atoms in total. The predicted molar refractivity (Wildman–Crippen MR) is 93.9 cm³/mol. The summed E-state index contributed by atoms with van der Waals surface area (Å²) in [5, 5.41) is 2.92. The molecule has 0 atom stereocenters. The Balaban J connectivity index is 1.87. The summed E-state index contributed by atoms with van der Waals surface area (Å²) < 4.78 is 5.83. The van der Waals surface area contributed by atoms with Crippen molar-refractivity contribution < 1.29 is 14.3 Å². The number of hydrogen-bond donors (Lipinski definition) is 1. The van der Waals surface area contributed by atoms with Crippen LogP contribution in [0.2, 0.25) is 0 Å². The number of para-hydroxylation sites is 1. The van der Waals surface area contributed by atoms with E-state index in [9.17, 15) is 9.59 Å². The van der Waals surface area contributed by atoms with Gasteiger partial charge >= 0.3 is 0 Å². The Morgan fingerprint density at radius 2 is 1.96 bits per heavy atom. The Labute approximate surface area is 141 Å². The SMILES string of the molecule is CCc1ccccc1NC(=O)c1ccc2c(c1)C(=O)CC(C)(C)O2. The smallest absolute Gasteiger partial charge is 0.255 e. The summed E-state index contributed by atoms with van der Waals surface area (Å²) in [6.07, 6.45) is 1.14. The summed E-state index contributed by atoms with van der Waals surface area (Å²) in [6, 6.07) is 12.7. The number of carbonyl (C=O) groups excluding carboxylic acids is 2. The maximum absolute atomic E-state index is 12.5. The molecule has 1 heterocycles. The number of anilines is 1. The summed E-state index contributed by atoms with van der Waals surface area (Å²) in [7, 11) is 0. The second kappa shape index (κ2) is 6.11. The van der Waals surface area contributed by atoms with Crippen molar-refractivity contribution in [2.45, 2.75) is 39.2 Å². The van der Waals surface area contributed by atoms with Crippen LogP contribution in [0.25, 0.3) is 0 Å². The number of amides is 1. The monoisotopic (exact) mass is 323 g/mol. The van der Waals surface area contributed by atoms with Crippen LogP contribution in [0.4, 0.5) is 5.69 Å². The molecule has 0 fully saturated rings. The number of aryl methyl sites for hydroxylation is 1. The summed E-state index contributed by atoms with van der Waals surface area (Å²) in [4.78, 5) is 24.9. The summed E-state index contributed by atoms with van der Waals surface area (Å²) in [5.74, 6) is 0.322. The minimum atomic E-state index is -0.506. The van der Waals surface area contributed by atoms with E-state index < -0.39 is 5.60 Å². The van der Waals surface area contributed by atoms with E-state index in [2.05, 4.69) is 5.32 Å². The third-order valence-corrected chi connectivity index (χ3v) is 4.16. The zero-order valence-corrected chi connectivity index (χ0v) is 14.2. The van der Waals surface area contributed by atoms with Gasteiger partial charge in [0.25, 0.3) is 5.91 Å². The Morgan fingerprint density at radius 1 is 1.21 bits per heavy atom. The molecule has 4 heteroatoms. The van der Waals surface area contributed by atoms with E-state index in [1.165, 1.54) is 0 Å². The van der Waals surface area contributed by atoms with Gasteiger partial charge in [0.05, 0.1) is 12.0 Å². The predicted octanol–water partition coefficient (Wildman–Crippen LogP) is 4.25. The molecule has 3 rings (SSSR count). The largest absolute Gasteiger partial charge is 0.487 e. The van der Waals surface area contributed by atoms with Gasteiger partial charge in [-0.3, -0.25) is 9.59 Å². The Bertz CT molecular complexity index is 808. The first kappa shape index (κ1) is 16.2. The molecule has 0 radical (unpaired) electrons. The summed E-state index contributed by atoms with van der Waals surface area (Å²) >= 11 is 0. The molecular formula is C20H21NO3. The number of benzene rings is 2. The first-order valence-corrected chi connectivity index (χ1v) is 8.15. The molecule has 2 aromatic rings. The van der Waals surface area contributed by atoms with Crippen molar-refractivity contribution in [2.75, 3.05) is 5.32 Å². The van der Waals surface area contributed by atoms with E-state index in [0.717, 1.165) is 17.7 Å². The maximum atomic E-state index is 12.5. The average Bonchev–Trinajstić information content (AvgIpc) is 2.54. The standard InChI is InChI=1S/C20H21NO3/c1-4-13-7-5-6-8-16(13)21-19(23)14-9-10-18-15(11-14)17(22)12-20(2,3)24-18/h5-11H,4,12H2,1-3H3,(H,21,23). The Kier molecular flexibility index (Phi) is 4.14. The fourth-order valence-corrected chi connectivity index (χ4v) is 2.94. The lowest BCUT2D eigenvalue weighted by atomic mass is 9.92. The molecule has 0 bridgehead atoms. The van der Waals surface area contributed by atoms with Crippen molar-refractivity contribution >= 4 is 17.4 Å². The van der Waals surface area contributed by atoms with Gasteiger partial charge in [0.2, 0.25) is 0 Å². The molecule has 1 N–H and O–H groups in total. The van der Waals surface area contributed by atoms with Gasteiger partial charge in [0, 0.05) is 11.3 Å². The van der Waals surface area contributed by atoms with Crippen molar-refractivity contribution in [3.63, 3.8) is 0 Å². The van der Waals surface area contributed by atoms with E-state index in [1.807, 2.05) is 45.0 Å². The van der Waals surface area contributed by atoms with Crippen LogP contribution >= 0.6 is 0 Å². The van der Waals surface area contributed by atoms with Crippen LogP contribution in [-0.2, 0) is 6.42 Å². The van der Waals surface area contributed by atoms with E-state index >= 15 is 0 Å². The zero-order valence-electron chi connectivity index (χ0n) is 14.2. The Hall–Kier alpha value is -2.62. The quantitative estimate of drug-likeness (QED) is 0.919. The lowest BCUT2D eigenvalue weighted by Crippen LogP contribution is -2.36. The first-order valence-electron chi connectivity index (χ1n) is 8.15. The minimum absolute atomic E-state index is 0.00450. The number of ether oxygens (including phenoxy) is 1. The second-order valence-electron chi connectivity index (χ2n) is 6.64. The third kappa shape index (κ3) is 3.18. The molecular weight excluding hydrogens is 302 g/mol. The molecule has 24 heavy (non-hydrogen) atoms. The van der Waals surface area contributed by atoms with Crippen LogP contribution in [0.5, 0.6) is 5.75 Å². The van der Waals surface area contributed by atoms with Crippen LogP contribution in [0.3, 0.4) is 0 Å². The molecule has 0 saturated heterocycles. The lowest BCUT2D eigenvalue weighted by Gasteiger charge is -2.31. The van der Waals surface area contributed by atoms with Crippen molar-refractivity contribution in [1.29, 1.82) is 0 Å². The fraction of sp³-hybridized carbons (Fsp3) is 0.300. The van der Waals surface area contributed by atoms with Gasteiger partial charge in [-0.25, -0.2) is 0 Å². The number of carbonyl (C=O) groups is 2. The fourth-order valence-electron chi connectivity index (χ4n) is 2.94. The highest BCUT2D eigenvalue weighted by Crippen LogP contribution is 2.33. The zero-order chi connectivity index (χ0) is 17.3. The van der Waals surface area contributed by atoms with Crippen molar-refractivity contribution in [3.8, 4) is 5.75 Å². The average molecular weight is 323 g/mol. The number of hydrogen-bond acceptors (Lipinski definition) is 3. The number of ketones is 1. The summed E-state index contributed by atoms with van der Waals surface area (Å²) in [6.45, 7) is 5.81. The molecule has 1 aliphatic rings. The van der Waals surface area contributed by atoms with E-state index in [0.29, 0.717) is 23.3 Å². The Morgan fingerprint density at radius 3 is 2.71 bits per heavy atom. The van der Waals surface area contributed by atoms with Crippen molar-refractivity contribution in [2.24, 2.45) is 0 Å². The molecule has 0 aromatic heterocycles. The van der Waals surface area contributed by atoms with Gasteiger partial charge < -0.3 is 10.1 Å². The van der Waals surface area contributed by atoms with Gasteiger partial charge in [-0.15, -0.1) is 0 Å². The molecule has 0 unspecified atom stereocenters. The van der Waals surface area contributed by atoms with E-state index in [4.69, 9.17) is 4.74 Å². The van der Waals surface area contributed by atoms with Crippen LogP contribution in [0.1, 0.15) is 53.5 Å². The molecule has 124 valence electrons. The molecule has 0 saturated carbocycles. The number of rotatable bonds is 3. The highest BCUT2D eigenvalue weighted by molar-refractivity contribution is 6.08. The van der Waals surface area contributed by atoms with Gasteiger partial charge in [-0.1, -0.05) is 25.1 Å². The molecule has 2 aromatic carbocycles. The minimum Gasteiger partial charge on any atom is -0.487 e. The first-order chi connectivity index (χ1) is 11.4. The normalized spacial score (nSPS) is 15.4. The van der Waals surface area contributed by atoms with Crippen LogP contribution in [0.15, 0.2) is 42.5 Å². The van der Waals surface area contributed by atoms with Gasteiger partial charge in [-0.2, -0.15) is 0 Å². The lowest BCUT2D eigenvalue weighted by molar-refractivity contribution is 0.0620. The van der Waals surface area contributed by atoms with Crippen LogP contribution in [0, 0.1) is 0 Å². The van der Waals surface area contributed by atoms with E-state index in [-0.39, 0.29) is 11.7 Å². The van der Waals surface area contributed by atoms with Gasteiger partial charge in [0.15, 0.2) is 5.78 Å². The molecule has 1 amide bonds. The highest BCUT2D eigenvalue weighted by atomic mass is 16.5. The van der Waals surface area contributed by atoms with Crippen molar-refractivity contribution in [3.05, 3.63) is 59.2 Å². The third-order valence-electron chi connectivity index (χ3n) is 4.16. The number of Topliss-reactive ketones (excluding diaryl/α,β-unsaturated/α-hetero) is 1.